The van der Waals surface area contributed by atoms with E-state index in [-0.39, 0.29) is 11.4 Å². The molecule has 1 aromatic carbocycles. The Hall–Kier alpha value is -1.28. The van der Waals surface area contributed by atoms with Crippen molar-refractivity contribution in [3.8, 4) is 0 Å². The van der Waals surface area contributed by atoms with E-state index in [2.05, 4.69) is 9.71 Å². The maximum Gasteiger partial charge on any atom is 0.240 e. The predicted octanol–water partition coefficient (Wildman–Crippen LogP) is 1.39. The van der Waals surface area contributed by atoms with Crippen molar-refractivity contribution in [3.05, 3.63) is 45.9 Å². The molecule has 0 atom stereocenters. The molecule has 0 spiro atoms. The Labute approximate surface area is 116 Å². The summed E-state index contributed by atoms with van der Waals surface area (Å²) in [5.41, 5.74) is 7.18. The van der Waals surface area contributed by atoms with Crippen molar-refractivity contribution >= 4 is 21.4 Å². The predicted molar refractivity (Wildman–Crippen MR) is 75.2 cm³/mol. The molecular weight excluding hydrogens is 282 g/mol. The van der Waals surface area contributed by atoms with E-state index in [9.17, 15) is 8.42 Å². The van der Waals surface area contributed by atoms with Crippen molar-refractivity contribution in [2.75, 3.05) is 0 Å². The molecular formula is C12H15N3O2S2. The van der Waals surface area contributed by atoms with Gasteiger partial charge in [-0.05, 0) is 24.6 Å². The molecule has 0 saturated heterocycles. The molecule has 0 aliphatic rings. The van der Waals surface area contributed by atoms with Crippen molar-refractivity contribution in [1.82, 2.24) is 9.71 Å². The maximum atomic E-state index is 12.1. The summed E-state index contributed by atoms with van der Waals surface area (Å²) >= 11 is 1.44. The molecule has 0 amide bonds. The Morgan fingerprint density at radius 1 is 1.42 bits per heavy atom. The Kier molecular flexibility index (Phi) is 4.31. The lowest BCUT2D eigenvalue weighted by Gasteiger charge is -2.06. The van der Waals surface area contributed by atoms with Crippen LogP contribution in [-0.2, 0) is 23.1 Å². The van der Waals surface area contributed by atoms with Crippen LogP contribution < -0.4 is 10.5 Å². The SMILES string of the molecule is Cc1csc(CNS(=O)(=O)c2cccc(CN)c2)n1. The number of nitrogens with two attached hydrogens (primary N) is 1. The van der Waals surface area contributed by atoms with E-state index in [1.54, 1.807) is 24.3 Å². The molecule has 0 aliphatic carbocycles. The van der Waals surface area contributed by atoms with Gasteiger partial charge < -0.3 is 5.73 Å². The molecule has 0 radical (unpaired) electrons. The van der Waals surface area contributed by atoms with Gasteiger partial charge in [-0.3, -0.25) is 0 Å². The highest BCUT2D eigenvalue weighted by molar-refractivity contribution is 7.89. The van der Waals surface area contributed by atoms with Gasteiger partial charge in [0.05, 0.1) is 11.4 Å². The summed E-state index contributed by atoms with van der Waals surface area (Å²) in [4.78, 5) is 4.44. The van der Waals surface area contributed by atoms with Gasteiger partial charge >= 0.3 is 0 Å². The lowest BCUT2D eigenvalue weighted by molar-refractivity contribution is 0.581. The number of aryl methyl sites for hydroxylation is 1. The standard InChI is InChI=1S/C12H15N3O2S2/c1-9-8-18-12(15-9)7-14-19(16,17)11-4-2-3-10(5-11)6-13/h2-5,8,14H,6-7,13H2,1H3. The molecule has 0 saturated carbocycles. The largest absolute Gasteiger partial charge is 0.326 e. The van der Waals surface area contributed by atoms with Crippen LogP contribution in [0.25, 0.3) is 0 Å². The van der Waals surface area contributed by atoms with Crippen LogP contribution in [0.4, 0.5) is 0 Å². The van der Waals surface area contributed by atoms with Crippen LogP contribution in [0.15, 0.2) is 34.5 Å². The quantitative estimate of drug-likeness (QED) is 0.873. The zero-order valence-electron chi connectivity index (χ0n) is 10.5. The summed E-state index contributed by atoms with van der Waals surface area (Å²) in [6.07, 6.45) is 0. The number of sulfonamides is 1. The molecule has 2 rings (SSSR count). The average molecular weight is 297 g/mol. The smallest absolute Gasteiger partial charge is 0.240 e. The van der Waals surface area contributed by atoms with Crippen LogP contribution in [0, 0.1) is 6.92 Å². The van der Waals surface area contributed by atoms with Crippen LogP contribution in [0.5, 0.6) is 0 Å². The molecule has 0 aliphatic heterocycles. The second-order valence-corrected chi connectivity index (χ2v) is 6.77. The second kappa shape index (κ2) is 5.79. The van der Waals surface area contributed by atoms with Crippen molar-refractivity contribution in [2.24, 2.45) is 5.73 Å². The van der Waals surface area contributed by atoms with Gasteiger partial charge in [-0.1, -0.05) is 12.1 Å². The summed E-state index contributed by atoms with van der Waals surface area (Å²) in [6.45, 7) is 2.39. The van der Waals surface area contributed by atoms with Crippen molar-refractivity contribution < 1.29 is 8.42 Å². The summed E-state index contributed by atoms with van der Waals surface area (Å²) in [5, 5.41) is 2.63. The van der Waals surface area contributed by atoms with Gasteiger partial charge in [0.2, 0.25) is 10.0 Å². The fraction of sp³-hybridized carbons (Fsp3) is 0.250. The van der Waals surface area contributed by atoms with Gasteiger partial charge in [0.15, 0.2) is 0 Å². The van der Waals surface area contributed by atoms with E-state index in [0.717, 1.165) is 16.3 Å². The van der Waals surface area contributed by atoms with Gasteiger partial charge in [0, 0.05) is 17.6 Å². The Morgan fingerprint density at radius 2 is 2.21 bits per heavy atom. The zero-order valence-corrected chi connectivity index (χ0v) is 12.1. The normalized spacial score (nSPS) is 11.7. The van der Waals surface area contributed by atoms with Gasteiger partial charge in [-0.2, -0.15) is 0 Å². The number of hydrogen-bond acceptors (Lipinski definition) is 5. The minimum absolute atomic E-state index is 0.202. The van der Waals surface area contributed by atoms with Crippen molar-refractivity contribution in [3.63, 3.8) is 0 Å². The number of hydrogen-bond donors (Lipinski definition) is 2. The fourth-order valence-electron chi connectivity index (χ4n) is 1.56. The highest BCUT2D eigenvalue weighted by Crippen LogP contribution is 2.13. The summed E-state index contributed by atoms with van der Waals surface area (Å²) in [6, 6.07) is 6.61. The first-order valence-corrected chi connectivity index (χ1v) is 8.07. The third-order valence-corrected chi connectivity index (χ3v) is 4.89. The van der Waals surface area contributed by atoms with Crippen LogP contribution in [0.2, 0.25) is 0 Å². The van der Waals surface area contributed by atoms with Crippen LogP contribution in [-0.4, -0.2) is 13.4 Å². The first kappa shape index (κ1) is 14.1. The molecule has 5 nitrogen and oxygen atoms in total. The molecule has 102 valence electrons. The number of aromatic nitrogens is 1. The zero-order chi connectivity index (χ0) is 13.9. The first-order chi connectivity index (χ1) is 9.01. The van der Waals surface area contributed by atoms with Crippen molar-refractivity contribution in [1.29, 1.82) is 0 Å². The summed E-state index contributed by atoms with van der Waals surface area (Å²) < 4.78 is 26.7. The first-order valence-electron chi connectivity index (χ1n) is 5.71. The Balaban J connectivity index is 2.13. The number of thiazole rings is 1. The average Bonchev–Trinajstić information content (AvgIpc) is 2.82. The van der Waals surface area contributed by atoms with Crippen molar-refractivity contribution in [2.45, 2.75) is 24.9 Å². The molecule has 7 heteroatoms. The number of nitrogens with one attached hydrogen (secondary N) is 1. The highest BCUT2D eigenvalue weighted by Gasteiger charge is 2.14. The van der Waals surface area contributed by atoms with E-state index in [1.807, 2.05) is 12.3 Å². The lowest BCUT2D eigenvalue weighted by atomic mass is 10.2. The summed E-state index contributed by atoms with van der Waals surface area (Å²) in [5.74, 6) is 0. The number of rotatable bonds is 5. The Morgan fingerprint density at radius 3 is 2.84 bits per heavy atom. The topological polar surface area (TPSA) is 85.1 Å². The molecule has 0 fully saturated rings. The maximum absolute atomic E-state index is 12.1. The molecule has 0 bridgehead atoms. The number of benzene rings is 1. The minimum Gasteiger partial charge on any atom is -0.326 e. The van der Waals surface area contributed by atoms with Gasteiger partial charge in [-0.25, -0.2) is 18.1 Å². The lowest BCUT2D eigenvalue weighted by Crippen LogP contribution is -2.23. The van der Waals surface area contributed by atoms with Gasteiger partial charge in [0.1, 0.15) is 5.01 Å². The van der Waals surface area contributed by atoms with E-state index < -0.39 is 10.0 Å². The minimum atomic E-state index is -3.52. The third kappa shape index (κ3) is 3.60. The number of nitrogens with zero attached hydrogens (tertiary/aromatic N) is 1. The second-order valence-electron chi connectivity index (χ2n) is 4.06. The van der Waals surface area contributed by atoms with Crippen LogP contribution >= 0.6 is 11.3 Å². The van der Waals surface area contributed by atoms with Crippen LogP contribution in [0.1, 0.15) is 16.3 Å². The van der Waals surface area contributed by atoms with Gasteiger partial charge in [0.25, 0.3) is 0 Å². The van der Waals surface area contributed by atoms with E-state index in [4.69, 9.17) is 5.73 Å². The molecule has 0 unspecified atom stereocenters. The molecule has 1 aromatic heterocycles. The van der Waals surface area contributed by atoms with E-state index in [0.29, 0.717) is 6.54 Å². The van der Waals surface area contributed by atoms with E-state index >= 15 is 0 Å². The Bertz CT molecular complexity index is 665. The molecule has 19 heavy (non-hydrogen) atoms. The molecule has 2 aromatic rings. The summed E-state index contributed by atoms with van der Waals surface area (Å²) in [7, 11) is -3.52. The highest BCUT2D eigenvalue weighted by atomic mass is 32.2. The fourth-order valence-corrected chi connectivity index (χ4v) is 3.42. The third-order valence-electron chi connectivity index (χ3n) is 2.52. The van der Waals surface area contributed by atoms with Crippen LogP contribution in [0.3, 0.4) is 0 Å². The molecule has 1 heterocycles. The van der Waals surface area contributed by atoms with E-state index in [1.165, 1.54) is 11.3 Å². The monoisotopic (exact) mass is 297 g/mol. The van der Waals surface area contributed by atoms with Gasteiger partial charge in [-0.15, -0.1) is 11.3 Å². The molecule has 3 N–H and O–H groups in total.